The summed E-state index contributed by atoms with van der Waals surface area (Å²) in [6.45, 7) is 4.97. The van der Waals surface area contributed by atoms with E-state index in [0.29, 0.717) is 0 Å². The molecule has 0 amide bonds. The van der Waals surface area contributed by atoms with Crippen LogP contribution in [0.5, 0.6) is 0 Å². The van der Waals surface area contributed by atoms with Crippen LogP contribution < -0.4 is 20.4 Å². The molecule has 0 unspecified atom stereocenters. The average molecular weight is 376 g/mol. The molecule has 0 saturated heterocycles. The molecule has 0 aliphatic heterocycles. The van der Waals surface area contributed by atoms with Crippen molar-refractivity contribution in [2.75, 3.05) is 0 Å². The van der Waals surface area contributed by atoms with Gasteiger partial charge < -0.3 is 44.7 Å². The van der Waals surface area contributed by atoms with Crippen LogP contribution in [-0.4, -0.2) is 110 Å². The molecule has 10 nitrogen and oxygen atoms in total. The molecule has 12 heteroatoms. The molecular formula is C10H16Ca2O10. The Morgan fingerprint density at radius 3 is 0.545 bits per heavy atom. The summed E-state index contributed by atoms with van der Waals surface area (Å²) in [6.07, 6.45) is 0. The second-order valence-corrected chi connectivity index (χ2v) is 2.49. The first-order chi connectivity index (χ1) is 8.66. The van der Waals surface area contributed by atoms with E-state index in [9.17, 15) is 0 Å². The minimum Gasteiger partial charge on any atom is -0.550 e. The Kier molecular flexibility index (Phi) is 73.0. The maximum Gasteiger partial charge on any atom is 2.00 e. The average Bonchev–Trinajstić information content (AvgIpc) is 1.94. The zero-order valence-corrected chi connectivity index (χ0v) is 17.5. The maximum atomic E-state index is 9.00. The van der Waals surface area contributed by atoms with Crippen LogP contribution in [0.2, 0.25) is 0 Å². The molecule has 0 aliphatic carbocycles. The minimum absolute atomic E-state index is 0. The van der Waals surface area contributed by atoms with Gasteiger partial charge in [0.15, 0.2) is 0 Å². The van der Waals surface area contributed by atoms with E-state index in [-0.39, 0.29) is 75.5 Å². The van der Waals surface area contributed by atoms with E-state index < -0.39 is 29.8 Å². The standard InChI is InChI=1S/5C2H4O2.2Ca/c5*1-2(3)4;;/h5*1H3,(H,3,4);;/q;;;;;2*+2/p-4. The molecule has 0 saturated carbocycles. The monoisotopic (exact) mass is 376 g/mol. The molecule has 0 spiro atoms. The van der Waals surface area contributed by atoms with Crippen molar-refractivity contribution < 1.29 is 49.5 Å². The Labute approximate surface area is 187 Å². The second kappa shape index (κ2) is 37.3. The van der Waals surface area contributed by atoms with Crippen molar-refractivity contribution in [3.8, 4) is 0 Å². The first kappa shape index (κ1) is 43.1. The fourth-order valence-corrected chi connectivity index (χ4v) is 0. The maximum absolute atomic E-state index is 9.00. The molecule has 0 aromatic carbocycles. The number of rotatable bonds is 0. The number of carbonyl (C=O) groups excluding carboxylic acids is 4. The van der Waals surface area contributed by atoms with E-state index >= 15 is 0 Å². The summed E-state index contributed by atoms with van der Waals surface area (Å²) in [5.74, 6) is -5.17. The minimum atomic E-state index is -1.08. The Morgan fingerprint density at radius 1 is 0.545 bits per heavy atom. The number of aliphatic carboxylic acids is 5. The summed E-state index contributed by atoms with van der Waals surface area (Å²) in [7, 11) is 0. The van der Waals surface area contributed by atoms with E-state index in [4.69, 9.17) is 49.5 Å². The fourth-order valence-electron chi connectivity index (χ4n) is 0. The summed E-state index contributed by atoms with van der Waals surface area (Å²) < 4.78 is 0. The van der Waals surface area contributed by atoms with Crippen LogP contribution in [0.3, 0.4) is 0 Å². The molecule has 22 heavy (non-hydrogen) atoms. The number of carbonyl (C=O) groups is 5. The quantitative estimate of drug-likeness (QED) is 0.397. The van der Waals surface area contributed by atoms with Gasteiger partial charge in [0.25, 0.3) is 5.97 Å². The smallest absolute Gasteiger partial charge is 0.550 e. The molecule has 0 radical (unpaired) electrons. The van der Waals surface area contributed by atoms with Gasteiger partial charge >= 0.3 is 75.5 Å². The number of hydrogen-bond acceptors (Lipinski definition) is 9. The molecule has 0 bridgehead atoms. The first-order valence-corrected chi connectivity index (χ1v) is 4.56. The molecule has 0 aliphatic rings. The molecule has 0 fully saturated rings. The SMILES string of the molecule is CC(=O)O.CC(=O)[O-].CC(=O)[O-].CC(=O)[O-].CC(=O)[O-].[Ca+2].[Ca+2]. The van der Waals surface area contributed by atoms with E-state index in [1.54, 1.807) is 0 Å². The largest absolute Gasteiger partial charge is 2.00 e. The van der Waals surface area contributed by atoms with Crippen LogP contribution in [-0.2, 0) is 24.0 Å². The fraction of sp³-hybridized carbons (Fsp3) is 0.500. The van der Waals surface area contributed by atoms with Crippen LogP contribution in [0.4, 0.5) is 0 Å². The number of carboxylic acid groups (broad SMARTS) is 5. The van der Waals surface area contributed by atoms with E-state index in [1.807, 2.05) is 0 Å². The van der Waals surface area contributed by atoms with Crippen LogP contribution >= 0.6 is 0 Å². The summed E-state index contributed by atoms with van der Waals surface area (Å²) in [4.78, 5) is 44.6. The predicted octanol–water partition coefficient (Wildman–Crippen LogP) is -5.65. The molecule has 1 N–H and O–H groups in total. The van der Waals surface area contributed by atoms with Crippen molar-refractivity contribution in [2.45, 2.75) is 34.6 Å². The molecule has 120 valence electrons. The van der Waals surface area contributed by atoms with Crippen molar-refractivity contribution in [2.24, 2.45) is 0 Å². The molecular weight excluding hydrogens is 360 g/mol. The van der Waals surface area contributed by atoms with Crippen molar-refractivity contribution in [3.05, 3.63) is 0 Å². The normalized spacial score (nSPS) is 5.68. The van der Waals surface area contributed by atoms with Crippen molar-refractivity contribution in [3.63, 3.8) is 0 Å². The van der Waals surface area contributed by atoms with Crippen molar-refractivity contribution in [1.82, 2.24) is 0 Å². The Balaban J connectivity index is -0.0000000250. The molecule has 0 aromatic heterocycles. The van der Waals surface area contributed by atoms with Gasteiger partial charge in [-0.05, 0) is 27.7 Å². The number of hydrogen-bond donors (Lipinski definition) is 1. The van der Waals surface area contributed by atoms with Gasteiger partial charge in [-0.2, -0.15) is 0 Å². The summed E-state index contributed by atoms with van der Waals surface area (Å²) in [5, 5.41) is 43.0. The third-order valence-corrected chi connectivity index (χ3v) is 0. The molecule has 0 heterocycles. The van der Waals surface area contributed by atoms with Crippen molar-refractivity contribution >= 4 is 105 Å². The first-order valence-electron chi connectivity index (χ1n) is 4.56. The van der Waals surface area contributed by atoms with E-state index in [2.05, 4.69) is 0 Å². The second-order valence-electron chi connectivity index (χ2n) is 2.49. The van der Waals surface area contributed by atoms with Crippen LogP contribution in [0.1, 0.15) is 34.6 Å². The summed E-state index contributed by atoms with van der Waals surface area (Å²) in [5.41, 5.74) is 0. The van der Waals surface area contributed by atoms with Gasteiger partial charge in [0.1, 0.15) is 0 Å². The van der Waals surface area contributed by atoms with Gasteiger partial charge in [0.05, 0.1) is 0 Å². The van der Waals surface area contributed by atoms with Gasteiger partial charge in [-0.15, -0.1) is 0 Å². The van der Waals surface area contributed by atoms with Gasteiger partial charge in [0.2, 0.25) is 0 Å². The molecule has 0 aromatic rings. The third-order valence-electron chi connectivity index (χ3n) is 0. The zero-order chi connectivity index (χ0) is 17.9. The Bertz CT molecular complexity index is 214. The third kappa shape index (κ3) is 415000. The van der Waals surface area contributed by atoms with Crippen LogP contribution in [0.25, 0.3) is 0 Å². The predicted molar refractivity (Wildman–Crippen MR) is 67.5 cm³/mol. The topological polar surface area (TPSA) is 198 Å². The zero-order valence-electron chi connectivity index (χ0n) is 13.0. The van der Waals surface area contributed by atoms with Gasteiger partial charge in [-0.25, -0.2) is 0 Å². The van der Waals surface area contributed by atoms with Crippen LogP contribution in [0.15, 0.2) is 0 Å². The van der Waals surface area contributed by atoms with Crippen molar-refractivity contribution in [1.29, 1.82) is 0 Å². The Hall–Kier alpha value is -0.131. The summed E-state index contributed by atoms with van der Waals surface area (Å²) in [6, 6.07) is 0. The molecule has 0 atom stereocenters. The van der Waals surface area contributed by atoms with Crippen LogP contribution in [0, 0.1) is 0 Å². The van der Waals surface area contributed by atoms with E-state index in [0.717, 1.165) is 34.6 Å². The molecule has 0 rings (SSSR count). The summed E-state index contributed by atoms with van der Waals surface area (Å²) >= 11 is 0. The number of carboxylic acids is 5. The van der Waals surface area contributed by atoms with E-state index in [1.165, 1.54) is 0 Å². The van der Waals surface area contributed by atoms with Gasteiger partial charge in [-0.1, -0.05) is 0 Å². The van der Waals surface area contributed by atoms with Gasteiger partial charge in [-0.3, -0.25) is 4.79 Å². The Morgan fingerprint density at radius 2 is 0.545 bits per heavy atom. The van der Waals surface area contributed by atoms with Gasteiger partial charge in [0, 0.05) is 30.8 Å².